The van der Waals surface area contributed by atoms with Crippen molar-refractivity contribution in [1.82, 2.24) is 25.1 Å². The summed E-state index contributed by atoms with van der Waals surface area (Å²) in [5, 5.41) is 9.65. The van der Waals surface area contributed by atoms with E-state index in [0.29, 0.717) is 17.0 Å². The molecule has 31 heavy (non-hydrogen) atoms. The Bertz CT molecular complexity index is 1080. The number of halogens is 1. The fraction of sp³-hybridized carbons (Fsp3) is 0.364. The van der Waals surface area contributed by atoms with Crippen molar-refractivity contribution in [3.63, 3.8) is 0 Å². The van der Waals surface area contributed by atoms with Gasteiger partial charge in [-0.25, -0.2) is 14.2 Å². The first-order chi connectivity index (χ1) is 15.0. The summed E-state index contributed by atoms with van der Waals surface area (Å²) in [4.78, 5) is 20.9. The molecule has 9 heteroatoms. The molecule has 0 aliphatic heterocycles. The summed E-state index contributed by atoms with van der Waals surface area (Å²) < 4.78 is 22.0. The number of aromatic nitrogens is 4. The van der Waals surface area contributed by atoms with Crippen molar-refractivity contribution in [2.45, 2.75) is 45.1 Å². The number of aryl methyl sites for hydroxylation is 2. The number of anilines is 1. The highest BCUT2D eigenvalue weighted by Crippen LogP contribution is 2.29. The molecule has 2 heterocycles. The summed E-state index contributed by atoms with van der Waals surface area (Å²) in [7, 11) is 1.82. The van der Waals surface area contributed by atoms with Crippen molar-refractivity contribution >= 4 is 11.7 Å². The van der Waals surface area contributed by atoms with Crippen molar-refractivity contribution < 1.29 is 13.9 Å². The van der Waals surface area contributed by atoms with Gasteiger partial charge in [0.05, 0.1) is 17.6 Å². The first-order valence-corrected chi connectivity index (χ1v) is 10.4. The van der Waals surface area contributed by atoms with Gasteiger partial charge in [-0.3, -0.25) is 4.68 Å². The number of carbonyl (C=O) groups excluding carboxylic acids is 1. The second-order valence-electron chi connectivity index (χ2n) is 7.76. The van der Waals surface area contributed by atoms with E-state index in [1.54, 1.807) is 30.1 Å². The first-order valence-electron chi connectivity index (χ1n) is 10.4. The van der Waals surface area contributed by atoms with Crippen LogP contribution in [-0.2, 0) is 7.05 Å². The van der Waals surface area contributed by atoms with Gasteiger partial charge >= 0.3 is 12.0 Å². The minimum absolute atomic E-state index is 0.0392. The number of rotatable bonds is 5. The lowest BCUT2D eigenvalue weighted by molar-refractivity contribution is 0.244. The van der Waals surface area contributed by atoms with Crippen LogP contribution < -0.4 is 15.4 Å². The van der Waals surface area contributed by atoms with E-state index in [9.17, 15) is 9.18 Å². The topological polar surface area (TPSA) is 94.0 Å². The van der Waals surface area contributed by atoms with E-state index in [2.05, 4.69) is 25.7 Å². The van der Waals surface area contributed by atoms with Crippen molar-refractivity contribution in [3.8, 4) is 23.0 Å². The average molecular weight is 424 g/mol. The summed E-state index contributed by atoms with van der Waals surface area (Å²) in [6.45, 7) is 1.72. The molecular weight excluding hydrogens is 399 g/mol. The maximum Gasteiger partial charge on any atom is 0.322 e. The summed E-state index contributed by atoms with van der Waals surface area (Å²) in [5.74, 6) is -0.175. The highest BCUT2D eigenvalue weighted by Gasteiger charge is 2.18. The molecule has 162 valence electrons. The molecule has 0 unspecified atom stereocenters. The minimum Gasteiger partial charge on any atom is -0.424 e. The highest BCUT2D eigenvalue weighted by atomic mass is 19.1. The lowest BCUT2D eigenvalue weighted by Gasteiger charge is -2.23. The maximum absolute atomic E-state index is 14.5. The zero-order valence-corrected chi connectivity index (χ0v) is 17.6. The third-order valence-electron chi connectivity index (χ3n) is 5.29. The first kappa shape index (κ1) is 20.8. The molecule has 2 N–H and O–H groups in total. The number of nitrogens with zero attached hydrogens (tertiary/aromatic N) is 4. The van der Waals surface area contributed by atoms with Gasteiger partial charge in [-0.15, -0.1) is 0 Å². The normalized spacial score (nSPS) is 14.3. The summed E-state index contributed by atoms with van der Waals surface area (Å²) >= 11 is 0. The predicted molar refractivity (Wildman–Crippen MR) is 114 cm³/mol. The van der Waals surface area contributed by atoms with Crippen LogP contribution in [0.3, 0.4) is 0 Å². The molecule has 1 aliphatic carbocycles. The molecule has 1 fully saturated rings. The van der Waals surface area contributed by atoms with Crippen LogP contribution in [0.5, 0.6) is 11.8 Å². The molecule has 0 radical (unpaired) electrons. The third-order valence-corrected chi connectivity index (χ3v) is 5.29. The van der Waals surface area contributed by atoms with Gasteiger partial charge in [-0.1, -0.05) is 19.3 Å². The monoisotopic (exact) mass is 424 g/mol. The van der Waals surface area contributed by atoms with Crippen LogP contribution in [0, 0.1) is 12.7 Å². The molecule has 4 rings (SSSR count). The van der Waals surface area contributed by atoms with Crippen molar-refractivity contribution in [1.29, 1.82) is 0 Å². The maximum atomic E-state index is 14.5. The van der Waals surface area contributed by atoms with Gasteiger partial charge < -0.3 is 15.4 Å². The Kier molecular flexibility index (Phi) is 6.11. The Hall–Kier alpha value is -3.49. The Morgan fingerprint density at radius 2 is 2.06 bits per heavy atom. The fourth-order valence-electron chi connectivity index (χ4n) is 3.65. The average Bonchev–Trinajstić information content (AvgIpc) is 3.19. The standard InChI is InChI=1S/C22H25FN6O2/c1-14-10-17(23)19(27-21(30)26-16-6-4-3-5-7-16)11-20(14)31-22-24-9-8-18(28-22)15-12-25-29(2)13-15/h8-13,16H,3-7H2,1-2H3,(H2,26,27,30). The second kappa shape index (κ2) is 9.11. The van der Waals surface area contributed by atoms with Crippen molar-refractivity contribution in [2.75, 3.05) is 5.32 Å². The Morgan fingerprint density at radius 1 is 1.26 bits per heavy atom. The van der Waals surface area contributed by atoms with E-state index < -0.39 is 11.8 Å². The predicted octanol–water partition coefficient (Wildman–Crippen LogP) is 4.57. The molecule has 0 atom stereocenters. The molecule has 1 aliphatic rings. The highest BCUT2D eigenvalue weighted by molar-refractivity contribution is 5.90. The summed E-state index contributed by atoms with van der Waals surface area (Å²) in [6, 6.07) is 4.34. The number of benzene rings is 1. The summed E-state index contributed by atoms with van der Waals surface area (Å²) in [5.41, 5.74) is 2.08. The number of carbonyl (C=O) groups is 1. The molecule has 0 bridgehead atoms. The van der Waals surface area contributed by atoms with Gasteiger partial charge in [0.2, 0.25) is 0 Å². The molecule has 1 saturated carbocycles. The molecule has 0 spiro atoms. The van der Waals surface area contributed by atoms with Crippen LogP contribution in [0.2, 0.25) is 0 Å². The van der Waals surface area contributed by atoms with E-state index in [-0.39, 0.29) is 17.7 Å². The number of hydrogen-bond donors (Lipinski definition) is 2. The van der Waals surface area contributed by atoms with Gasteiger partial charge in [-0.05, 0) is 37.5 Å². The number of hydrogen-bond acceptors (Lipinski definition) is 5. The van der Waals surface area contributed by atoms with Gasteiger partial charge in [0.25, 0.3) is 0 Å². The third kappa shape index (κ3) is 5.17. The smallest absolute Gasteiger partial charge is 0.322 e. The van der Waals surface area contributed by atoms with E-state index in [0.717, 1.165) is 31.2 Å². The lowest BCUT2D eigenvalue weighted by Crippen LogP contribution is -2.39. The number of urea groups is 1. The van der Waals surface area contributed by atoms with Crippen molar-refractivity contribution in [3.05, 3.63) is 48.2 Å². The van der Waals surface area contributed by atoms with E-state index in [1.165, 1.54) is 18.6 Å². The Labute approximate surface area is 179 Å². The van der Waals surface area contributed by atoms with Crippen LogP contribution in [0.1, 0.15) is 37.7 Å². The van der Waals surface area contributed by atoms with Crippen LogP contribution in [-0.4, -0.2) is 31.8 Å². The van der Waals surface area contributed by atoms with E-state index >= 15 is 0 Å². The molecule has 3 aromatic rings. The Morgan fingerprint density at radius 3 is 2.81 bits per heavy atom. The second-order valence-corrected chi connectivity index (χ2v) is 7.76. The molecule has 8 nitrogen and oxygen atoms in total. The van der Waals surface area contributed by atoms with E-state index in [1.807, 2.05) is 13.2 Å². The Balaban J connectivity index is 1.49. The fourth-order valence-corrected chi connectivity index (χ4v) is 3.65. The SMILES string of the molecule is Cc1cc(F)c(NC(=O)NC2CCCCC2)cc1Oc1nccc(-c2cnn(C)c2)n1. The summed E-state index contributed by atoms with van der Waals surface area (Å²) in [6.07, 6.45) is 10.4. The zero-order chi connectivity index (χ0) is 21.8. The van der Waals surface area contributed by atoms with Crippen LogP contribution >= 0.6 is 0 Å². The van der Waals surface area contributed by atoms with Gasteiger partial charge in [-0.2, -0.15) is 10.1 Å². The molecule has 2 aromatic heterocycles. The van der Waals surface area contributed by atoms with Crippen LogP contribution in [0.25, 0.3) is 11.3 Å². The molecule has 1 aromatic carbocycles. The van der Waals surface area contributed by atoms with Crippen LogP contribution in [0.15, 0.2) is 36.8 Å². The van der Waals surface area contributed by atoms with E-state index in [4.69, 9.17) is 4.74 Å². The van der Waals surface area contributed by atoms with Gasteiger partial charge in [0.15, 0.2) is 0 Å². The number of ether oxygens (including phenoxy) is 1. The molecule has 2 amide bonds. The molecule has 0 saturated heterocycles. The van der Waals surface area contributed by atoms with Crippen molar-refractivity contribution in [2.24, 2.45) is 7.05 Å². The number of amides is 2. The van der Waals surface area contributed by atoms with Gasteiger partial charge in [0, 0.05) is 37.1 Å². The van der Waals surface area contributed by atoms with Gasteiger partial charge in [0.1, 0.15) is 11.6 Å². The quantitative estimate of drug-likeness (QED) is 0.626. The largest absolute Gasteiger partial charge is 0.424 e. The van der Waals surface area contributed by atoms with Crippen LogP contribution in [0.4, 0.5) is 14.9 Å². The minimum atomic E-state index is -0.534. The number of nitrogens with one attached hydrogen (secondary N) is 2. The lowest BCUT2D eigenvalue weighted by atomic mass is 9.96. The molecular formula is C22H25FN6O2. The zero-order valence-electron chi connectivity index (χ0n) is 17.6.